The summed E-state index contributed by atoms with van der Waals surface area (Å²) in [6.45, 7) is 2.98. The monoisotopic (exact) mass is 327 g/mol. The van der Waals surface area contributed by atoms with E-state index in [9.17, 15) is 4.79 Å². The smallest absolute Gasteiger partial charge is 0.339 e. The fraction of sp³-hybridized carbons (Fsp3) is 0.400. The third-order valence-corrected chi connectivity index (χ3v) is 3.85. The van der Waals surface area contributed by atoms with Crippen LogP contribution in [0.2, 0.25) is 0 Å². The Bertz CT molecular complexity index is 620. The maximum absolute atomic E-state index is 11.4. The Balaban J connectivity index is 1.86. The molecule has 0 radical (unpaired) electrons. The normalized spacial score (nSPS) is 10.4. The summed E-state index contributed by atoms with van der Waals surface area (Å²) in [7, 11) is 1.36. The summed E-state index contributed by atoms with van der Waals surface area (Å²) in [5, 5.41) is 0. The van der Waals surface area contributed by atoms with E-state index in [0.29, 0.717) is 5.56 Å². The number of carbonyl (C=O) groups excluding carboxylic acids is 1. The largest absolute Gasteiger partial charge is 0.494 e. The number of hydrogen-bond acceptors (Lipinski definition) is 4. The fourth-order valence-corrected chi connectivity index (χ4v) is 2.42. The number of hydrogen-bond donors (Lipinski definition) is 0. The summed E-state index contributed by atoms with van der Waals surface area (Å²) < 4.78 is 10.4. The summed E-state index contributed by atoms with van der Waals surface area (Å²) in [6.07, 6.45) is 7.70. The first-order chi connectivity index (χ1) is 11.7. The lowest BCUT2D eigenvalue weighted by molar-refractivity contribution is 0.0600. The topological polar surface area (TPSA) is 48.4 Å². The minimum absolute atomic E-state index is 0.378. The highest BCUT2D eigenvalue weighted by molar-refractivity contribution is 5.89. The van der Waals surface area contributed by atoms with Crippen LogP contribution in [-0.4, -0.2) is 24.7 Å². The van der Waals surface area contributed by atoms with Crippen molar-refractivity contribution in [3.8, 4) is 17.0 Å². The molecule has 0 saturated carbocycles. The molecule has 0 atom stereocenters. The SMILES string of the molecule is CCCCCCCOc1ccc(-c2ccc(C(=O)OC)cn2)cc1. The first-order valence-corrected chi connectivity index (χ1v) is 8.52. The van der Waals surface area contributed by atoms with Gasteiger partial charge in [0.05, 0.1) is 25.0 Å². The molecular weight excluding hydrogens is 302 g/mol. The van der Waals surface area contributed by atoms with Gasteiger partial charge in [0.2, 0.25) is 0 Å². The molecule has 0 unspecified atom stereocenters. The number of methoxy groups -OCH3 is 1. The molecule has 0 spiro atoms. The van der Waals surface area contributed by atoms with Crippen LogP contribution in [0.5, 0.6) is 5.75 Å². The first kappa shape index (κ1) is 18.0. The van der Waals surface area contributed by atoms with Crippen molar-refractivity contribution in [1.29, 1.82) is 0 Å². The second-order valence-electron chi connectivity index (χ2n) is 5.71. The number of pyridine rings is 1. The standard InChI is InChI=1S/C20H25NO3/c1-3-4-5-6-7-14-24-18-11-8-16(9-12-18)19-13-10-17(15-21-19)20(22)23-2/h8-13,15H,3-7,14H2,1-2H3. The molecule has 0 bridgehead atoms. The van der Waals surface area contributed by atoms with Gasteiger partial charge in [-0.1, -0.05) is 32.6 Å². The van der Waals surface area contributed by atoms with Crippen LogP contribution in [0.4, 0.5) is 0 Å². The average molecular weight is 327 g/mol. The van der Waals surface area contributed by atoms with Crippen LogP contribution >= 0.6 is 0 Å². The highest BCUT2D eigenvalue weighted by Crippen LogP contribution is 2.21. The van der Waals surface area contributed by atoms with Crippen LogP contribution in [0.25, 0.3) is 11.3 Å². The number of carbonyl (C=O) groups is 1. The van der Waals surface area contributed by atoms with E-state index in [-0.39, 0.29) is 5.97 Å². The Kier molecular flexibility index (Phi) is 7.27. The summed E-state index contributed by atoms with van der Waals surface area (Å²) in [4.78, 5) is 15.7. The summed E-state index contributed by atoms with van der Waals surface area (Å²) in [5.74, 6) is 0.497. The van der Waals surface area contributed by atoms with Crippen molar-refractivity contribution in [3.63, 3.8) is 0 Å². The summed E-state index contributed by atoms with van der Waals surface area (Å²) in [5.41, 5.74) is 2.25. The minimum Gasteiger partial charge on any atom is -0.494 e. The molecule has 0 aliphatic heterocycles. The van der Waals surface area contributed by atoms with Gasteiger partial charge in [0, 0.05) is 11.8 Å². The highest BCUT2D eigenvalue weighted by atomic mass is 16.5. The number of rotatable bonds is 9. The number of nitrogens with zero attached hydrogens (tertiary/aromatic N) is 1. The number of ether oxygens (including phenoxy) is 2. The molecule has 0 saturated heterocycles. The quantitative estimate of drug-likeness (QED) is 0.486. The first-order valence-electron chi connectivity index (χ1n) is 8.52. The fourth-order valence-electron chi connectivity index (χ4n) is 2.42. The molecule has 0 aliphatic rings. The zero-order valence-corrected chi connectivity index (χ0v) is 14.5. The van der Waals surface area contributed by atoms with Gasteiger partial charge < -0.3 is 9.47 Å². The van der Waals surface area contributed by atoms with Gasteiger partial charge in [-0.05, 0) is 42.8 Å². The van der Waals surface area contributed by atoms with E-state index in [4.69, 9.17) is 4.74 Å². The van der Waals surface area contributed by atoms with Crippen molar-refractivity contribution >= 4 is 5.97 Å². The molecular formula is C20H25NO3. The molecule has 4 nitrogen and oxygen atoms in total. The van der Waals surface area contributed by atoms with Crippen LogP contribution in [0, 0.1) is 0 Å². The van der Waals surface area contributed by atoms with E-state index >= 15 is 0 Å². The van der Waals surface area contributed by atoms with Gasteiger partial charge in [0.25, 0.3) is 0 Å². The predicted molar refractivity (Wildman–Crippen MR) is 95.3 cm³/mol. The molecule has 2 rings (SSSR count). The Morgan fingerprint density at radius 1 is 1.00 bits per heavy atom. The second-order valence-corrected chi connectivity index (χ2v) is 5.71. The van der Waals surface area contributed by atoms with Crippen molar-refractivity contribution in [2.45, 2.75) is 39.0 Å². The van der Waals surface area contributed by atoms with E-state index in [1.54, 1.807) is 6.07 Å². The predicted octanol–water partition coefficient (Wildman–Crippen LogP) is 4.88. The van der Waals surface area contributed by atoms with E-state index in [0.717, 1.165) is 30.0 Å². The summed E-state index contributed by atoms with van der Waals surface area (Å²) >= 11 is 0. The Morgan fingerprint density at radius 3 is 2.38 bits per heavy atom. The maximum atomic E-state index is 11.4. The molecule has 2 aromatic rings. The lowest BCUT2D eigenvalue weighted by atomic mass is 10.1. The van der Waals surface area contributed by atoms with E-state index in [2.05, 4.69) is 16.6 Å². The Morgan fingerprint density at radius 2 is 1.75 bits per heavy atom. The van der Waals surface area contributed by atoms with Gasteiger partial charge in [-0.15, -0.1) is 0 Å². The molecule has 0 amide bonds. The zero-order chi connectivity index (χ0) is 17.2. The molecule has 1 heterocycles. The van der Waals surface area contributed by atoms with Gasteiger partial charge in [0.15, 0.2) is 0 Å². The number of benzene rings is 1. The van der Waals surface area contributed by atoms with E-state index < -0.39 is 0 Å². The molecule has 0 aliphatic carbocycles. The second kappa shape index (κ2) is 9.71. The minimum atomic E-state index is -0.378. The highest BCUT2D eigenvalue weighted by Gasteiger charge is 2.06. The number of aromatic nitrogens is 1. The maximum Gasteiger partial charge on any atom is 0.339 e. The van der Waals surface area contributed by atoms with Crippen molar-refractivity contribution in [3.05, 3.63) is 48.2 Å². The van der Waals surface area contributed by atoms with Gasteiger partial charge in [-0.3, -0.25) is 4.98 Å². The van der Waals surface area contributed by atoms with Gasteiger partial charge in [0.1, 0.15) is 5.75 Å². The van der Waals surface area contributed by atoms with Crippen LogP contribution in [-0.2, 0) is 4.74 Å². The van der Waals surface area contributed by atoms with Crippen LogP contribution in [0.3, 0.4) is 0 Å². The lowest BCUT2D eigenvalue weighted by Crippen LogP contribution is -2.01. The molecule has 1 aromatic carbocycles. The van der Waals surface area contributed by atoms with Gasteiger partial charge in [-0.25, -0.2) is 4.79 Å². The van der Waals surface area contributed by atoms with Gasteiger partial charge in [-0.2, -0.15) is 0 Å². The Labute approximate surface area is 143 Å². The third kappa shape index (κ3) is 5.37. The van der Waals surface area contributed by atoms with Crippen LogP contribution < -0.4 is 4.74 Å². The Hall–Kier alpha value is -2.36. The van der Waals surface area contributed by atoms with Crippen molar-refractivity contribution in [2.75, 3.05) is 13.7 Å². The molecule has 4 heteroatoms. The van der Waals surface area contributed by atoms with Gasteiger partial charge >= 0.3 is 5.97 Å². The number of esters is 1. The lowest BCUT2D eigenvalue weighted by Gasteiger charge is -2.07. The zero-order valence-electron chi connectivity index (χ0n) is 14.5. The average Bonchev–Trinajstić information content (AvgIpc) is 2.64. The number of unbranched alkanes of at least 4 members (excludes halogenated alkanes) is 4. The molecule has 0 fully saturated rings. The molecule has 24 heavy (non-hydrogen) atoms. The van der Waals surface area contributed by atoms with Crippen molar-refractivity contribution in [2.24, 2.45) is 0 Å². The van der Waals surface area contributed by atoms with E-state index in [1.165, 1.54) is 39.0 Å². The van der Waals surface area contributed by atoms with Crippen molar-refractivity contribution < 1.29 is 14.3 Å². The molecule has 0 N–H and O–H groups in total. The van der Waals surface area contributed by atoms with E-state index in [1.807, 2.05) is 30.3 Å². The van der Waals surface area contributed by atoms with Crippen LogP contribution in [0.15, 0.2) is 42.6 Å². The third-order valence-electron chi connectivity index (χ3n) is 3.85. The molecule has 1 aromatic heterocycles. The molecule has 128 valence electrons. The van der Waals surface area contributed by atoms with Crippen molar-refractivity contribution in [1.82, 2.24) is 4.98 Å². The van der Waals surface area contributed by atoms with Crippen LogP contribution in [0.1, 0.15) is 49.4 Å². The summed E-state index contributed by atoms with van der Waals surface area (Å²) in [6, 6.07) is 11.4.